The van der Waals surface area contributed by atoms with E-state index in [1.165, 1.54) is 0 Å². The molecule has 121 valence electrons. The molecule has 0 unspecified atom stereocenters. The van der Waals surface area contributed by atoms with Gasteiger partial charge in [0.25, 0.3) is 0 Å². The van der Waals surface area contributed by atoms with Crippen LogP contribution < -0.4 is 5.11 Å². The van der Waals surface area contributed by atoms with E-state index in [0.29, 0.717) is 0 Å². The van der Waals surface area contributed by atoms with Gasteiger partial charge in [0.1, 0.15) is 0 Å². The SMILES string of the molecule is CCCCCC(=O)[O-].[Eu].c1cnc2c(c1)ccc1cccnc12. The molecule has 0 spiro atoms. The maximum Gasteiger partial charge on any atom is 0.0964 e. The maximum atomic E-state index is 9.76. The van der Waals surface area contributed by atoms with Gasteiger partial charge in [0.2, 0.25) is 0 Å². The summed E-state index contributed by atoms with van der Waals surface area (Å²) in [6, 6.07) is 12.1. The molecule has 1 radical (unpaired) electrons. The van der Waals surface area contributed by atoms with Crippen molar-refractivity contribution in [2.75, 3.05) is 0 Å². The van der Waals surface area contributed by atoms with Crippen LogP contribution in [0.4, 0.5) is 0 Å². The summed E-state index contributed by atoms with van der Waals surface area (Å²) in [5.41, 5.74) is 1.95. The molecule has 2 aromatic heterocycles. The molecule has 0 atom stereocenters. The van der Waals surface area contributed by atoms with Crippen molar-refractivity contribution in [1.29, 1.82) is 0 Å². The molecule has 23 heavy (non-hydrogen) atoms. The van der Waals surface area contributed by atoms with Crippen LogP contribution in [-0.4, -0.2) is 15.9 Å². The number of fused-ring (bicyclic) bond motifs is 3. The van der Waals surface area contributed by atoms with Crippen LogP contribution in [0.2, 0.25) is 0 Å². The Kier molecular flexibility index (Phi) is 9.45. The van der Waals surface area contributed by atoms with Gasteiger partial charge in [0, 0.05) is 78.5 Å². The Morgan fingerprint density at radius 3 is 1.91 bits per heavy atom. The quantitative estimate of drug-likeness (QED) is 0.456. The predicted octanol–water partition coefficient (Wildman–Crippen LogP) is 3.10. The third-order valence-electron chi connectivity index (χ3n) is 3.33. The van der Waals surface area contributed by atoms with E-state index < -0.39 is 5.97 Å². The zero-order valence-corrected chi connectivity index (χ0v) is 15.5. The topological polar surface area (TPSA) is 65.9 Å². The van der Waals surface area contributed by atoms with Crippen molar-refractivity contribution in [2.24, 2.45) is 0 Å². The summed E-state index contributed by atoms with van der Waals surface area (Å²) in [6.07, 6.45) is 6.64. The summed E-state index contributed by atoms with van der Waals surface area (Å²) in [6.45, 7) is 2.04. The molecule has 0 aliphatic carbocycles. The molecule has 0 aliphatic rings. The summed E-state index contributed by atoms with van der Waals surface area (Å²) < 4.78 is 0. The molecule has 0 bridgehead atoms. The van der Waals surface area contributed by atoms with Gasteiger partial charge in [-0.1, -0.05) is 44.0 Å². The van der Waals surface area contributed by atoms with Crippen molar-refractivity contribution < 1.29 is 59.3 Å². The van der Waals surface area contributed by atoms with E-state index in [9.17, 15) is 9.90 Å². The van der Waals surface area contributed by atoms with Gasteiger partial charge in [-0.15, -0.1) is 0 Å². The third kappa shape index (κ3) is 6.24. The van der Waals surface area contributed by atoms with Crippen LogP contribution in [0.25, 0.3) is 21.8 Å². The Morgan fingerprint density at radius 2 is 1.48 bits per heavy atom. The second kappa shape index (κ2) is 10.8. The Hall–Kier alpha value is -0.906. The summed E-state index contributed by atoms with van der Waals surface area (Å²) in [4.78, 5) is 18.5. The fraction of sp³-hybridized carbons (Fsp3) is 0.278. The first-order chi connectivity index (χ1) is 10.7. The summed E-state index contributed by atoms with van der Waals surface area (Å²) in [7, 11) is 0. The van der Waals surface area contributed by atoms with Gasteiger partial charge >= 0.3 is 0 Å². The van der Waals surface area contributed by atoms with Crippen LogP contribution in [-0.2, 0) is 4.79 Å². The molecule has 0 amide bonds. The number of hydrogen-bond donors (Lipinski definition) is 0. The molecule has 0 saturated carbocycles. The minimum absolute atomic E-state index is 0. The number of carboxylic acid groups (broad SMARTS) is 1. The largest absolute Gasteiger partial charge is 0.550 e. The van der Waals surface area contributed by atoms with Crippen LogP contribution in [0.5, 0.6) is 0 Å². The summed E-state index contributed by atoms with van der Waals surface area (Å²) in [5, 5.41) is 12.0. The number of benzene rings is 1. The second-order valence-electron chi connectivity index (χ2n) is 5.04. The van der Waals surface area contributed by atoms with Crippen molar-refractivity contribution in [3.8, 4) is 0 Å². The van der Waals surface area contributed by atoms with Gasteiger partial charge < -0.3 is 9.90 Å². The van der Waals surface area contributed by atoms with Gasteiger partial charge in [-0.2, -0.15) is 0 Å². The van der Waals surface area contributed by atoms with Gasteiger partial charge in [-0.3, -0.25) is 9.97 Å². The van der Waals surface area contributed by atoms with Gasteiger partial charge in [0.15, 0.2) is 0 Å². The van der Waals surface area contributed by atoms with Crippen LogP contribution in [0.15, 0.2) is 48.8 Å². The molecule has 3 aromatic rings. The molecule has 0 N–H and O–H groups in total. The molecule has 1 aromatic carbocycles. The number of rotatable bonds is 4. The van der Waals surface area contributed by atoms with Gasteiger partial charge in [-0.25, -0.2) is 0 Å². The first-order valence-corrected chi connectivity index (χ1v) is 7.50. The number of pyridine rings is 2. The number of aromatic nitrogens is 2. The number of nitrogens with zero attached hydrogens (tertiary/aromatic N) is 2. The van der Waals surface area contributed by atoms with Gasteiger partial charge in [0.05, 0.1) is 11.0 Å². The monoisotopic (exact) mass is 448 g/mol. The van der Waals surface area contributed by atoms with Crippen LogP contribution in [0, 0.1) is 49.4 Å². The molecule has 2 heterocycles. The molecular formula is C18H19EuN2O2-. The predicted molar refractivity (Wildman–Crippen MR) is 86.2 cm³/mol. The number of carboxylic acids is 1. The van der Waals surface area contributed by atoms with Crippen LogP contribution >= 0.6 is 0 Å². The van der Waals surface area contributed by atoms with E-state index in [4.69, 9.17) is 0 Å². The first-order valence-electron chi connectivity index (χ1n) is 7.50. The smallest absolute Gasteiger partial charge is 0.0964 e. The molecule has 0 aliphatic heterocycles. The van der Waals surface area contributed by atoms with E-state index >= 15 is 0 Å². The van der Waals surface area contributed by atoms with Crippen LogP contribution in [0.1, 0.15) is 32.6 Å². The normalized spacial score (nSPS) is 9.78. The average Bonchev–Trinajstić information content (AvgIpc) is 2.55. The molecule has 5 heteroatoms. The number of aliphatic carboxylic acids is 1. The van der Waals surface area contributed by atoms with E-state index in [-0.39, 0.29) is 55.8 Å². The average molecular weight is 447 g/mol. The Bertz CT molecular complexity index is 707. The zero-order valence-electron chi connectivity index (χ0n) is 13.0. The van der Waals surface area contributed by atoms with Crippen LogP contribution in [0.3, 0.4) is 0 Å². The molecule has 3 rings (SSSR count). The van der Waals surface area contributed by atoms with Crippen molar-refractivity contribution in [1.82, 2.24) is 9.97 Å². The Balaban J connectivity index is 0.000000258. The van der Waals surface area contributed by atoms with Crippen molar-refractivity contribution in [2.45, 2.75) is 32.6 Å². The summed E-state index contributed by atoms with van der Waals surface area (Å²) in [5.74, 6) is -0.932. The molecule has 4 nitrogen and oxygen atoms in total. The fourth-order valence-electron chi connectivity index (χ4n) is 2.20. The van der Waals surface area contributed by atoms with Crippen molar-refractivity contribution in [3.05, 3.63) is 48.8 Å². The van der Waals surface area contributed by atoms with E-state index in [0.717, 1.165) is 41.1 Å². The Labute approximate surface area is 176 Å². The number of carbonyl (C=O) groups excluding carboxylic acids is 1. The molecular weight excluding hydrogens is 428 g/mol. The Morgan fingerprint density at radius 1 is 0.957 bits per heavy atom. The minimum atomic E-state index is -0.932. The zero-order chi connectivity index (χ0) is 15.8. The van der Waals surface area contributed by atoms with E-state index in [1.807, 2.05) is 19.1 Å². The standard InChI is InChI=1S/C12H8N2.C6H12O2.Eu/c1-3-9-5-6-10-4-2-8-14-12(10)11(9)13-7-1;1-2-3-4-5-6(7)8;/h1-8H;2-5H2,1H3,(H,7,8);/p-1. The second-order valence-corrected chi connectivity index (χ2v) is 5.04. The molecule has 0 fully saturated rings. The first kappa shape index (κ1) is 20.1. The number of unbranched alkanes of at least 4 members (excludes halogenated alkanes) is 2. The van der Waals surface area contributed by atoms with E-state index in [1.54, 1.807) is 12.4 Å². The number of carbonyl (C=O) groups is 1. The summed E-state index contributed by atoms with van der Waals surface area (Å²) >= 11 is 0. The van der Waals surface area contributed by atoms with Crippen molar-refractivity contribution >= 4 is 27.8 Å². The third-order valence-corrected chi connectivity index (χ3v) is 3.33. The molecule has 0 saturated heterocycles. The fourth-order valence-corrected chi connectivity index (χ4v) is 2.20. The number of hydrogen-bond acceptors (Lipinski definition) is 4. The van der Waals surface area contributed by atoms with Gasteiger partial charge in [-0.05, 0) is 25.0 Å². The van der Waals surface area contributed by atoms with Crippen molar-refractivity contribution in [3.63, 3.8) is 0 Å². The minimum Gasteiger partial charge on any atom is -0.550 e. The van der Waals surface area contributed by atoms with E-state index in [2.05, 4.69) is 34.2 Å². The maximum absolute atomic E-state index is 9.76.